The summed E-state index contributed by atoms with van der Waals surface area (Å²) in [7, 11) is 1.49. The molecule has 0 radical (unpaired) electrons. The molecule has 0 heterocycles. The van der Waals surface area contributed by atoms with Crippen molar-refractivity contribution in [3.8, 4) is 5.75 Å². The van der Waals surface area contributed by atoms with Crippen LogP contribution in [-0.4, -0.2) is 41.5 Å². The van der Waals surface area contributed by atoms with Gasteiger partial charge in [-0.2, -0.15) is 0 Å². The van der Waals surface area contributed by atoms with Gasteiger partial charge in [-0.15, -0.1) is 0 Å². The largest absolute Gasteiger partial charge is 0.495 e. The Morgan fingerprint density at radius 1 is 1.33 bits per heavy atom. The molecule has 0 bridgehead atoms. The summed E-state index contributed by atoms with van der Waals surface area (Å²) in [5, 5.41) is 23.0. The average Bonchev–Trinajstić information content (AvgIpc) is 2.39. The van der Waals surface area contributed by atoms with Crippen LogP contribution in [0.2, 0.25) is 0 Å². The molecule has 1 aromatic carbocycles. The molecule has 21 heavy (non-hydrogen) atoms. The normalized spacial score (nSPS) is 13.2. The molecule has 0 aliphatic heterocycles. The molecule has 0 aliphatic rings. The molecule has 1 aromatic rings. The number of rotatable bonds is 5. The average molecular weight is 426 g/mol. The van der Waals surface area contributed by atoms with Crippen molar-refractivity contribution < 1.29 is 24.5 Å². The molecule has 9 heteroatoms. The first-order valence-corrected chi connectivity index (χ1v) is 7.29. The number of ether oxygens (including phenoxy) is 1. The number of amides is 2. The highest BCUT2D eigenvalue weighted by molar-refractivity contribution is 9.11. The van der Waals surface area contributed by atoms with Gasteiger partial charge in [0.15, 0.2) is 5.60 Å². The summed E-state index contributed by atoms with van der Waals surface area (Å²) in [5.74, 6) is -0.902. The summed E-state index contributed by atoms with van der Waals surface area (Å²) >= 11 is 6.58. The molecule has 0 spiro atoms. The Morgan fingerprint density at radius 3 is 2.48 bits per heavy atom. The van der Waals surface area contributed by atoms with E-state index >= 15 is 0 Å². The minimum Gasteiger partial charge on any atom is -0.495 e. The monoisotopic (exact) mass is 424 g/mol. The van der Waals surface area contributed by atoms with Crippen molar-refractivity contribution in [2.75, 3.05) is 19.0 Å². The van der Waals surface area contributed by atoms with Crippen LogP contribution in [0.1, 0.15) is 6.92 Å². The second-order valence-corrected chi connectivity index (χ2v) is 6.06. The number of carboxylic acid groups (broad SMARTS) is 1. The van der Waals surface area contributed by atoms with Crippen LogP contribution in [0, 0.1) is 0 Å². The fourth-order valence-electron chi connectivity index (χ4n) is 1.28. The van der Waals surface area contributed by atoms with Gasteiger partial charge in [-0.3, -0.25) is 0 Å². The highest BCUT2D eigenvalue weighted by Crippen LogP contribution is 2.34. The van der Waals surface area contributed by atoms with Gasteiger partial charge in [0.1, 0.15) is 5.75 Å². The first kappa shape index (κ1) is 17.7. The molecule has 0 saturated heterocycles. The van der Waals surface area contributed by atoms with E-state index in [1.807, 2.05) is 0 Å². The Balaban J connectivity index is 2.74. The lowest BCUT2D eigenvalue weighted by molar-refractivity contribution is -0.155. The Bertz CT molecular complexity index is 563. The molecule has 2 amide bonds. The van der Waals surface area contributed by atoms with Crippen LogP contribution in [0.15, 0.2) is 21.1 Å². The quantitative estimate of drug-likeness (QED) is 0.578. The Morgan fingerprint density at radius 2 is 1.95 bits per heavy atom. The minimum atomic E-state index is -2.04. The van der Waals surface area contributed by atoms with Crippen LogP contribution < -0.4 is 15.4 Å². The molecule has 1 unspecified atom stereocenters. The summed E-state index contributed by atoms with van der Waals surface area (Å²) in [6.45, 7) is 0.660. The van der Waals surface area contributed by atoms with Crippen LogP contribution in [0.25, 0.3) is 0 Å². The number of benzene rings is 1. The number of aliphatic hydroxyl groups is 1. The first-order valence-electron chi connectivity index (χ1n) is 5.71. The molecular formula is C12H14Br2N2O5. The van der Waals surface area contributed by atoms with E-state index < -0.39 is 24.1 Å². The van der Waals surface area contributed by atoms with Crippen molar-refractivity contribution in [3.05, 3.63) is 21.1 Å². The molecule has 1 atom stereocenters. The van der Waals surface area contributed by atoms with E-state index in [2.05, 4.69) is 42.5 Å². The lowest BCUT2D eigenvalue weighted by atomic mass is 10.1. The number of carbonyl (C=O) groups excluding carboxylic acids is 1. The van der Waals surface area contributed by atoms with E-state index in [0.29, 0.717) is 20.4 Å². The number of carbonyl (C=O) groups is 2. The first-order chi connectivity index (χ1) is 9.67. The number of hydrogen-bond donors (Lipinski definition) is 4. The number of aliphatic carboxylic acids is 1. The molecular weight excluding hydrogens is 412 g/mol. The molecule has 1 rings (SSSR count). The third-order valence-corrected chi connectivity index (χ3v) is 3.82. The number of nitrogens with one attached hydrogen (secondary N) is 2. The van der Waals surface area contributed by atoms with Gasteiger partial charge in [0, 0.05) is 10.5 Å². The van der Waals surface area contributed by atoms with E-state index in [0.717, 1.165) is 6.92 Å². The van der Waals surface area contributed by atoms with Crippen molar-refractivity contribution >= 4 is 49.5 Å². The molecule has 7 nitrogen and oxygen atoms in total. The fraction of sp³-hybridized carbons (Fsp3) is 0.333. The molecule has 0 aromatic heterocycles. The topological polar surface area (TPSA) is 108 Å². The second kappa shape index (κ2) is 7.10. The predicted octanol–water partition coefficient (Wildman–Crippen LogP) is 2.18. The number of hydrogen-bond acceptors (Lipinski definition) is 4. The van der Waals surface area contributed by atoms with Crippen molar-refractivity contribution in [2.24, 2.45) is 0 Å². The van der Waals surface area contributed by atoms with Gasteiger partial charge < -0.3 is 25.6 Å². The van der Waals surface area contributed by atoms with Gasteiger partial charge in [0.05, 0.1) is 23.8 Å². The Kier molecular flexibility index (Phi) is 5.99. The number of carboxylic acids is 1. The van der Waals surface area contributed by atoms with Crippen molar-refractivity contribution in [1.82, 2.24) is 5.32 Å². The van der Waals surface area contributed by atoms with Crippen molar-refractivity contribution in [3.63, 3.8) is 0 Å². The van der Waals surface area contributed by atoms with Crippen LogP contribution in [-0.2, 0) is 4.79 Å². The second-order valence-electron chi connectivity index (χ2n) is 4.35. The van der Waals surface area contributed by atoms with Gasteiger partial charge in [-0.25, -0.2) is 9.59 Å². The standard InChI is InChI=1S/C12H14Br2N2O5/c1-12(20,10(17)18)5-15-11(19)16-8-4-9(21-2)7(14)3-6(8)13/h3-4,20H,5H2,1-2H3,(H,17,18)(H2,15,16,19). The maximum Gasteiger partial charge on any atom is 0.337 e. The highest BCUT2D eigenvalue weighted by atomic mass is 79.9. The van der Waals surface area contributed by atoms with E-state index in [1.54, 1.807) is 12.1 Å². The molecule has 0 aliphatic carbocycles. The van der Waals surface area contributed by atoms with Gasteiger partial charge >= 0.3 is 12.0 Å². The van der Waals surface area contributed by atoms with Gasteiger partial charge in [0.25, 0.3) is 0 Å². The highest BCUT2D eigenvalue weighted by Gasteiger charge is 2.30. The number of anilines is 1. The maximum absolute atomic E-state index is 11.7. The number of urea groups is 1. The maximum atomic E-state index is 11.7. The van der Waals surface area contributed by atoms with Gasteiger partial charge in [-0.1, -0.05) is 0 Å². The van der Waals surface area contributed by atoms with E-state index in [4.69, 9.17) is 9.84 Å². The predicted molar refractivity (Wildman–Crippen MR) is 83.7 cm³/mol. The zero-order chi connectivity index (χ0) is 16.2. The molecule has 0 saturated carbocycles. The SMILES string of the molecule is COc1cc(NC(=O)NCC(C)(O)C(=O)O)c(Br)cc1Br. The smallest absolute Gasteiger partial charge is 0.337 e. The molecule has 116 valence electrons. The van der Waals surface area contributed by atoms with Crippen LogP contribution in [0.5, 0.6) is 5.75 Å². The van der Waals surface area contributed by atoms with Crippen LogP contribution in [0.3, 0.4) is 0 Å². The van der Waals surface area contributed by atoms with E-state index in [-0.39, 0.29) is 0 Å². The Hall–Kier alpha value is -1.32. The van der Waals surface area contributed by atoms with Crippen LogP contribution >= 0.6 is 31.9 Å². The summed E-state index contributed by atoms with van der Waals surface area (Å²) < 4.78 is 6.42. The third-order valence-electron chi connectivity index (χ3n) is 2.54. The number of halogens is 2. The van der Waals surface area contributed by atoms with Crippen molar-refractivity contribution in [2.45, 2.75) is 12.5 Å². The minimum absolute atomic E-state index is 0.431. The van der Waals surface area contributed by atoms with Crippen LogP contribution in [0.4, 0.5) is 10.5 Å². The number of methoxy groups -OCH3 is 1. The summed E-state index contributed by atoms with van der Waals surface area (Å²) in [5.41, 5.74) is -1.60. The molecule has 0 fully saturated rings. The lowest BCUT2D eigenvalue weighted by Gasteiger charge is -2.19. The summed E-state index contributed by atoms with van der Waals surface area (Å²) in [6, 6.07) is 2.63. The van der Waals surface area contributed by atoms with Crippen molar-refractivity contribution in [1.29, 1.82) is 0 Å². The van der Waals surface area contributed by atoms with Gasteiger partial charge in [0.2, 0.25) is 0 Å². The third kappa shape index (κ3) is 4.87. The summed E-state index contributed by atoms with van der Waals surface area (Å²) in [4.78, 5) is 22.4. The zero-order valence-electron chi connectivity index (χ0n) is 11.2. The fourth-order valence-corrected chi connectivity index (χ4v) is 2.53. The van der Waals surface area contributed by atoms with E-state index in [1.165, 1.54) is 7.11 Å². The summed E-state index contributed by atoms with van der Waals surface area (Å²) in [6.07, 6.45) is 0. The van der Waals surface area contributed by atoms with E-state index in [9.17, 15) is 14.7 Å². The Labute approximate surface area is 137 Å². The van der Waals surface area contributed by atoms with Gasteiger partial charge in [-0.05, 0) is 44.8 Å². The lowest BCUT2D eigenvalue weighted by Crippen LogP contribution is -2.47. The molecule has 4 N–H and O–H groups in total. The zero-order valence-corrected chi connectivity index (χ0v) is 14.4.